The van der Waals surface area contributed by atoms with E-state index in [4.69, 9.17) is 19.3 Å². The summed E-state index contributed by atoms with van der Waals surface area (Å²) in [5.41, 5.74) is 2.34. The second kappa shape index (κ2) is 20.9. The zero-order valence-electron chi connectivity index (χ0n) is 40.3. The van der Waals surface area contributed by atoms with Crippen molar-refractivity contribution in [1.29, 1.82) is 0 Å². The molecule has 4 bridgehead atoms. The van der Waals surface area contributed by atoms with Gasteiger partial charge in [0.25, 0.3) is 11.8 Å². The number of unbranched alkanes of at least 4 members (excludes halogenated alkanes) is 1. The van der Waals surface area contributed by atoms with Crippen LogP contribution in [0.4, 0.5) is 4.39 Å². The van der Waals surface area contributed by atoms with Crippen molar-refractivity contribution >= 4 is 17.8 Å². The Balaban J connectivity index is 0.924. The lowest BCUT2D eigenvalue weighted by molar-refractivity contribution is -0.237. The highest BCUT2D eigenvalue weighted by molar-refractivity contribution is 5.98. The van der Waals surface area contributed by atoms with Crippen molar-refractivity contribution in [2.45, 2.75) is 114 Å². The molecule has 374 valence electrons. The van der Waals surface area contributed by atoms with Crippen LogP contribution in [0.3, 0.4) is 0 Å². The molecule has 9 rings (SSSR count). The van der Waals surface area contributed by atoms with E-state index in [1.165, 1.54) is 4.68 Å². The summed E-state index contributed by atoms with van der Waals surface area (Å²) < 4.78 is 34.7. The number of aryl methyl sites for hydroxylation is 1. The molecule has 5 fully saturated rings. The number of carbonyl (C=O) groups excluding carboxylic acids is 2. The molecule has 2 aromatic carbocycles. The number of ether oxygens (including phenoxy) is 3. The molecule has 1 saturated heterocycles. The first-order valence-corrected chi connectivity index (χ1v) is 24.2. The lowest BCUT2D eigenvalue weighted by atomic mass is 9.48. The van der Waals surface area contributed by atoms with Crippen molar-refractivity contribution in [3.8, 4) is 28.4 Å². The molecule has 18 nitrogen and oxygen atoms in total. The maximum atomic E-state index is 14.8. The smallest absolute Gasteiger partial charge is 0.330 e. The van der Waals surface area contributed by atoms with E-state index in [0.29, 0.717) is 64.5 Å². The van der Waals surface area contributed by atoms with Gasteiger partial charge in [-0.2, -0.15) is 5.10 Å². The fourth-order valence-corrected chi connectivity index (χ4v) is 11.6. The van der Waals surface area contributed by atoms with E-state index >= 15 is 0 Å². The Morgan fingerprint density at radius 3 is 2.22 bits per heavy atom. The molecule has 4 aromatic rings. The van der Waals surface area contributed by atoms with Gasteiger partial charge >= 0.3 is 5.97 Å². The standard InChI is InChI=1S/C50H67FN8O10/c1-28(2)35-24-31(47(64)57(4)18-10-17-56(3)16-8-7-11-34-26-58(55-53-34)48-43(51)45(62)44(61)41(27-60)69-48)14-15-37(35)59-38(42-39(67-5)12-9-13-40(42)68-6)25-36(54-59)46(63)52-50(49(65)66)32-20-29-19-30(22-32)23-33(50)21-29/h9,12-15,24-26,28-30,32-33,41,43-45,48,60-62H,7-8,10-11,16-23,27H2,1-6H3,(H,52,63)(H,65,66)/t29?,30?,32?,33?,41-,43-,44-,45-,48-,50?/m0/s1. The number of carbonyl (C=O) groups is 3. The second-order valence-electron chi connectivity index (χ2n) is 19.9. The normalized spacial score (nSPS) is 27.2. The van der Waals surface area contributed by atoms with Crippen LogP contribution < -0.4 is 14.8 Å². The number of hydrogen-bond acceptors (Lipinski definition) is 13. The number of halogens is 1. The number of nitrogens with zero attached hydrogens (tertiary/aromatic N) is 7. The molecule has 0 spiro atoms. The minimum absolute atomic E-state index is 0.0574. The lowest BCUT2D eigenvalue weighted by Crippen LogP contribution is -2.70. The van der Waals surface area contributed by atoms with Gasteiger partial charge in [0.05, 0.1) is 49.7 Å². The number of carboxylic acids is 1. The summed E-state index contributed by atoms with van der Waals surface area (Å²) >= 11 is 0. The molecule has 5 aliphatic rings. The van der Waals surface area contributed by atoms with Gasteiger partial charge in [-0.15, -0.1) is 5.10 Å². The van der Waals surface area contributed by atoms with Crippen LogP contribution in [0, 0.1) is 23.7 Å². The average molecular weight is 959 g/mol. The first kappa shape index (κ1) is 49.9. The number of nitrogens with one attached hydrogen (secondary N) is 1. The van der Waals surface area contributed by atoms with E-state index in [1.807, 2.05) is 39.1 Å². The quantitative estimate of drug-likeness (QED) is 0.0761. The summed E-state index contributed by atoms with van der Waals surface area (Å²) in [5, 5.41) is 56.4. The molecule has 5 atom stereocenters. The Morgan fingerprint density at radius 2 is 1.59 bits per heavy atom. The van der Waals surface area contributed by atoms with Gasteiger partial charge in [0, 0.05) is 19.2 Å². The van der Waals surface area contributed by atoms with E-state index in [0.717, 1.165) is 70.0 Å². The van der Waals surface area contributed by atoms with Crippen molar-refractivity contribution in [3.63, 3.8) is 0 Å². The summed E-state index contributed by atoms with van der Waals surface area (Å²) in [5.74, 6) is -0.0582. The maximum absolute atomic E-state index is 14.8. The van der Waals surface area contributed by atoms with E-state index in [1.54, 1.807) is 61.3 Å². The van der Waals surface area contributed by atoms with Crippen molar-refractivity contribution in [2.75, 3.05) is 54.6 Å². The van der Waals surface area contributed by atoms with Gasteiger partial charge < -0.3 is 49.8 Å². The number of aliphatic hydroxyl groups is 3. The van der Waals surface area contributed by atoms with Gasteiger partial charge in [-0.25, -0.2) is 18.5 Å². The molecule has 19 heteroatoms. The molecule has 3 heterocycles. The molecule has 2 amide bonds. The first-order valence-electron chi connectivity index (χ1n) is 24.2. The number of aliphatic carboxylic acids is 1. The average Bonchev–Trinajstić information content (AvgIpc) is 4.00. The van der Waals surface area contributed by atoms with Gasteiger partial charge in [0.15, 0.2) is 18.1 Å². The van der Waals surface area contributed by atoms with Crippen LogP contribution in [0.5, 0.6) is 11.5 Å². The van der Waals surface area contributed by atoms with Gasteiger partial charge in [0.1, 0.15) is 35.3 Å². The number of aliphatic hydroxyl groups excluding tert-OH is 3. The molecule has 0 radical (unpaired) electrons. The predicted octanol–water partition coefficient (Wildman–Crippen LogP) is 4.65. The van der Waals surface area contributed by atoms with Crippen LogP contribution in [0.2, 0.25) is 0 Å². The maximum Gasteiger partial charge on any atom is 0.330 e. The Kier molecular flexibility index (Phi) is 15.1. The molecular formula is C50H67FN8O10. The van der Waals surface area contributed by atoms with Crippen LogP contribution in [0.25, 0.3) is 16.9 Å². The largest absolute Gasteiger partial charge is 0.496 e. The molecule has 4 saturated carbocycles. The van der Waals surface area contributed by atoms with Crippen LogP contribution in [0.15, 0.2) is 48.7 Å². The number of amides is 2. The highest BCUT2D eigenvalue weighted by Gasteiger charge is 2.62. The van der Waals surface area contributed by atoms with E-state index in [-0.39, 0.29) is 29.4 Å². The fraction of sp³-hybridized carbons (Fsp3) is 0.600. The monoisotopic (exact) mass is 958 g/mol. The highest BCUT2D eigenvalue weighted by Crippen LogP contribution is 2.58. The second-order valence-corrected chi connectivity index (χ2v) is 19.9. The number of benzene rings is 2. The van der Waals surface area contributed by atoms with Gasteiger partial charge in [-0.3, -0.25) is 9.59 Å². The third-order valence-corrected chi connectivity index (χ3v) is 15.1. The number of methoxy groups -OCH3 is 2. The molecule has 0 unspecified atom stereocenters. The van der Waals surface area contributed by atoms with E-state index in [9.17, 15) is 39.2 Å². The molecule has 69 heavy (non-hydrogen) atoms. The summed E-state index contributed by atoms with van der Waals surface area (Å²) in [4.78, 5) is 45.6. The van der Waals surface area contributed by atoms with Crippen LogP contribution >= 0.6 is 0 Å². The molecular weight excluding hydrogens is 892 g/mol. The van der Waals surface area contributed by atoms with Crippen molar-refractivity contribution < 1.29 is 53.4 Å². The number of rotatable bonds is 20. The summed E-state index contributed by atoms with van der Waals surface area (Å²) in [7, 11) is 6.92. The summed E-state index contributed by atoms with van der Waals surface area (Å²) in [6.07, 6.45) is 1.15. The van der Waals surface area contributed by atoms with Crippen molar-refractivity contribution in [3.05, 3.63) is 71.2 Å². The molecule has 2 aromatic heterocycles. The Morgan fingerprint density at radius 1 is 0.928 bits per heavy atom. The number of alkyl halides is 1. The molecule has 1 aliphatic heterocycles. The topological polar surface area (TPSA) is 227 Å². The molecule has 5 N–H and O–H groups in total. The predicted molar refractivity (Wildman–Crippen MR) is 251 cm³/mol. The molecule has 4 aliphatic carbocycles. The Bertz CT molecular complexity index is 2430. The van der Waals surface area contributed by atoms with Gasteiger partial charge in [0.2, 0.25) is 0 Å². The number of aromatic nitrogens is 5. The SMILES string of the molecule is COc1cccc(OC)c1-c1cc(C(=O)NC2(C(=O)O)C3CC4CC(C3)CC2C4)nn1-c1ccc(C(=O)N(C)CCCN(C)CCCCc2cn([C@H]3O[C@@H](CO)[C@H](O)[C@@H](O)[C@@H]3F)nn2)cc1C(C)C. The van der Waals surface area contributed by atoms with Crippen LogP contribution in [0.1, 0.15) is 109 Å². The Labute approximate surface area is 401 Å². The van der Waals surface area contributed by atoms with Crippen molar-refractivity contribution in [2.24, 2.45) is 23.7 Å². The number of hydrogen-bond donors (Lipinski definition) is 5. The summed E-state index contributed by atoms with van der Waals surface area (Å²) in [6, 6.07) is 12.5. The van der Waals surface area contributed by atoms with Gasteiger partial charge in [-0.1, -0.05) is 25.1 Å². The highest BCUT2D eigenvalue weighted by atomic mass is 19.1. The van der Waals surface area contributed by atoms with Crippen LogP contribution in [-0.4, -0.2) is 157 Å². The lowest BCUT2D eigenvalue weighted by Gasteiger charge is -2.59. The van der Waals surface area contributed by atoms with E-state index < -0.39 is 54.7 Å². The minimum atomic E-state index is -1.94. The third kappa shape index (κ3) is 9.85. The summed E-state index contributed by atoms with van der Waals surface area (Å²) in [6.45, 7) is 5.54. The zero-order valence-corrected chi connectivity index (χ0v) is 40.3. The van der Waals surface area contributed by atoms with E-state index in [2.05, 4.69) is 20.5 Å². The fourth-order valence-electron chi connectivity index (χ4n) is 11.6. The first-order chi connectivity index (χ1) is 33.1. The third-order valence-electron chi connectivity index (χ3n) is 15.1. The number of carboxylic acid groups (broad SMARTS) is 1. The van der Waals surface area contributed by atoms with Crippen LogP contribution in [-0.2, 0) is 16.0 Å². The minimum Gasteiger partial charge on any atom is -0.496 e. The zero-order chi connectivity index (χ0) is 49.3. The van der Waals surface area contributed by atoms with Crippen molar-refractivity contribution in [1.82, 2.24) is 39.9 Å². The Hall–Kier alpha value is -5.47. The van der Waals surface area contributed by atoms with Gasteiger partial charge in [-0.05, 0) is 149 Å².